The quantitative estimate of drug-likeness (QED) is 0.790. The van der Waals surface area contributed by atoms with Crippen molar-refractivity contribution < 1.29 is 17.6 Å². The zero-order valence-corrected chi connectivity index (χ0v) is 16.5. The number of carbonyl (C=O) groups is 1. The molecular formula is C18H17Cl2FN2O3S. The molecule has 2 aromatic carbocycles. The van der Waals surface area contributed by atoms with E-state index in [4.69, 9.17) is 23.2 Å². The molecular weight excluding hydrogens is 414 g/mol. The molecule has 0 saturated carbocycles. The Morgan fingerprint density at radius 1 is 1.15 bits per heavy atom. The van der Waals surface area contributed by atoms with Crippen LogP contribution in [0.2, 0.25) is 10.0 Å². The van der Waals surface area contributed by atoms with Crippen LogP contribution in [-0.2, 0) is 14.8 Å². The Hall–Kier alpha value is -1.67. The summed E-state index contributed by atoms with van der Waals surface area (Å²) in [4.78, 5) is 12.6. The molecule has 2 aromatic rings. The van der Waals surface area contributed by atoms with Crippen molar-refractivity contribution in [1.29, 1.82) is 0 Å². The summed E-state index contributed by atoms with van der Waals surface area (Å²) in [5.74, 6) is -1.36. The maximum absolute atomic E-state index is 13.1. The Balaban J connectivity index is 1.74. The number of rotatable bonds is 4. The van der Waals surface area contributed by atoms with Crippen LogP contribution in [0.1, 0.15) is 12.8 Å². The van der Waals surface area contributed by atoms with Crippen LogP contribution in [0.25, 0.3) is 0 Å². The number of anilines is 1. The summed E-state index contributed by atoms with van der Waals surface area (Å²) in [6.07, 6.45) is 1.10. The van der Waals surface area contributed by atoms with Gasteiger partial charge in [-0.1, -0.05) is 23.2 Å². The smallest absolute Gasteiger partial charge is 0.243 e. The normalized spacial score (nSPS) is 18.3. The maximum Gasteiger partial charge on any atom is 0.243 e. The van der Waals surface area contributed by atoms with Crippen LogP contribution in [0.15, 0.2) is 47.4 Å². The van der Waals surface area contributed by atoms with Gasteiger partial charge in [0.25, 0.3) is 0 Å². The highest BCUT2D eigenvalue weighted by molar-refractivity contribution is 7.89. The molecule has 1 saturated heterocycles. The summed E-state index contributed by atoms with van der Waals surface area (Å²) in [6.45, 7) is 0.352. The minimum atomic E-state index is -3.79. The van der Waals surface area contributed by atoms with Crippen molar-refractivity contribution >= 4 is 44.8 Å². The number of halogens is 3. The lowest BCUT2D eigenvalue weighted by Crippen LogP contribution is -2.43. The molecule has 9 heteroatoms. The van der Waals surface area contributed by atoms with Crippen molar-refractivity contribution in [3.63, 3.8) is 0 Å². The highest BCUT2D eigenvalue weighted by Gasteiger charge is 2.33. The molecule has 3 rings (SSSR count). The summed E-state index contributed by atoms with van der Waals surface area (Å²) in [5.41, 5.74) is 0.382. The summed E-state index contributed by atoms with van der Waals surface area (Å²) in [7, 11) is -3.79. The molecule has 0 aliphatic carbocycles. The van der Waals surface area contributed by atoms with Gasteiger partial charge >= 0.3 is 0 Å². The first-order valence-corrected chi connectivity index (χ1v) is 10.5. The van der Waals surface area contributed by atoms with E-state index in [9.17, 15) is 17.6 Å². The SMILES string of the molecule is O=C(Nc1cc(Cl)ccc1Cl)C1CCCN(S(=O)(=O)c2ccc(F)cc2)C1. The van der Waals surface area contributed by atoms with Crippen LogP contribution in [0, 0.1) is 11.7 Å². The van der Waals surface area contributed by atoms with Crippen LogP contribution >= 0.6 is 23.2 Å². The van der Waals surface area contributed by atoms with Gasteiger partial charge in [0.05, 0.1) is 21.5 Å². The number of sulfonamides is 1. The van der Waals surface area contributed by atoms with Crippen LogP contribution in [0.3, 0.4) is 0 Å². The number of carbonyl (C=O) groups excluding carboxylic acids is 1. The van der Waals surface area contributed by atoms with E-state index < -0.39 is 21.8 Å². The van der Waals surface area contributed by atoms with Crippen molar-refractivity contribution in [3.8, 4) is 0 Å². The van der Waals surface area contributed by atoms with Crippen LogP contribution in [0.5, 0.6) is 0 Å². The molecule has 1 N–H and O–H groups in total. The van der Waals surface area contributed by atoms with Gasteiger partial charge in [-0.2, -0.15) is 4.31 Å². The first-order chi connectivity index (χ1) is 12.8. The van der Waals surface area contributed by atoms with Crippen molar-refractivity contribution in [2.45, 2.75) is 17.7 Å². The highest BCUT2D eigenvalue weighted by atomic mass is 35.5. The molecule has 1 fully saturated rings. The number of hydrogen-bond donors (Lipinski definition) is 1. The first-order valence-electron chi connectivity index (χ1n) is 8.29. The largest absolute Gasteiger partial charge is 0.324 e. The molecule has 1 unspecified atom stereocenters. The summed E-state index contributed by atoms with van der Waals surface area (Å²) >= 11 is 12.0. The minimum absolute atomic E-state index is 0.00263. The molecule has 1 amide bonds. The second-order valence-electron chi connectivity index (χ2n) is 6.27. The molecule has 0 spiro atoms. The first kappa shape index (κ1) is 20.1. The van der Waals surface area contributed by atoms with Gasteiger partial charge < -0.3 is 5.32 Å². The molecule has 144 valence electrons. The molecule has 0 radical (unpaired) electrons. The lowest BCUT2D eigenvalue weighted by molar-refractivity contribution is -0.120. The van der Waals surface area contributed by atoms with E-state index in [0.717, 1.165) is 12.1 Å². The molecule has 0 bridgehead atoms. The van der Waals surface area contributed by atoms with Crippen LogP contribution in [0.4, 0.5) is 10.1 Å². The highest BCUT2D eigenvalue weighted by Crippen LogP contribution is 2.28. The molecule has 0 aromatic heterocycles. The van der Waals surface area contributed by atoms with Crippen molar-refractivity contribution in [1.82, 2.24) is 4.31 Å². The zero-order valence-electron chi connectivity index (χ0n) is 14.2. The lowest BCUT2D eigenvalue weighted by atomic mass is 9.99. The maximum atomic E-state index is 13.1. The second-order valence-corrected chi connectivity index (χ2v) is 9.05. The number of amides is 1. The molecule has 1 atom stereocenters. The minimum Gasteiger partial charge on any atom is -0.324 e. The van der Waals surface area contributed by atoms with Gasteiger partial charge in [0, 0.05) is 18.1 Å². The van der Waals surface area contributed by atoms with Gasteiger partial charge in [0.2, 0.25) is 15.9 Å². The van der Waals surface area contributed by atoms with E-state index in [0.29, 0.717) is 35.1 Å². The van der Waals surface area contributed by atoms with E-state index in [-0.39, 0.29) is 17.3 Å². The van der Waals surface area contributed by atoms with E-state index >= 15 is 0 Å². The van der Waals surface area contributed by atoms with Gasteiger partial charge in [-0.25, -0.2) is 12.8 Å². The number of benzene rings is 2. The van der Waals surface area contributed by atoms with Gasteiger partial charge in [0.1, 0.15) is 5.82 Å². The Morgan fingerprint density at radius 2 is 1.85 bits per heavy atom. The molecule has 1 aliphatic rings. The predicted octanol–water partition coefficient (Wildman–Crippen LogP) is 4.17. The Morgan fingerprint density at radius 3 is 2.56 bits per heavy atom. The lowest BCUT2D eigenvalue weighted by Gasteiger charge is -2.31. The fourth-order valence-electron chi connectivity index (χ4n) is 2.96. The third-order valence-corrected chi connectivity index (χ3v) is 6.84. The fraction of sp³-hybridized carbons (Fsp3) is 0.278. The van der Waals surface area contributed by atoms with E-state index in [1.54, 1.807) is 12.1 Å². The standard InChI is InChI=1S/C18H17Cl2FN2O3S/c19-13-3-8-16(20)17(10-13)22-18(24)12-2-1-9-23(11-12)27(25,26)15-6-4-14(21)5-7-15/h3-8,10,12H,1-2,9,11H2,(H,22,24). The number of nitrogens with one attached hydrogen (secondary N) is 1. The van der Waals surface area contributed by atoms with Crippen molar-refractivity contribution in [2.75, 3.05) is 18.4 Å². The molecule has 1 heterocycles. The Kier molecular flexibility index (Phi) is 6.05. The third kappa shape index (κ3) is 4.60. The van der Waals surface area contributed by atoms with E-state index in [1.165, 1.54) is 22.5 Å². The monoisotopic (exact) mass is 430 g/mol. The summed E-state index contributed by atoms with van der Waals surface area (Å²) in [6, 6.07) is 9.37. The van der Waals surface area contributed by atoms with Crippen molar-refractivity contribution in [3.05, 3.63) is 58.3 Å². The van der Waals surface area contributed by atoms with Gasteiger partial charge in [-0.3, -0.25) is 4.79 Å². The van der Waals surface area contributed by atoms with Crippen LogP contribution < -0.4 is 5.32 Å². The molecule has 1 aliphatic heterocycles. The van der Waals surface area contributed by atoms with E-state index in [1.807, 2.05) is 0 Å². The van der Waals surface area contributed by atoms with Gasteiger partial charge in [-0.05, 0) is 55.3 Å². The molecule has 5 nitrogen and oxygen atoms in total. The Labute approximate surface area is 167 Å². The van der Waals surface area contributed by atoms with E-state index in [2.05, 4.69) is 5.32 Å². The fourth-order valence-corrected chi connectivity index (χ4v) is 4.82. The topological polar surface area (TPSA) is 66.5 Å². The third-order valence-electron chi connectivity index (χ3n) is 4.39. The van der Waals surface area contributed by atoms with Gasteiger partial charge in [-0.15, -0.1) is 0 Å². The number of nitrogens with zero attached hydrogens (tertiary/aromatic N) is 1. The summed E-state index contributed by atoms with van der Waals surface area (Å²) in [5, 5.41) is 3.49. The predicted molar refractivity (Wildman–Crippen MR) is 103 cm³/mol. The second kappa shape index (κ2) is 8.14. The average Bonchev–Trinajstić information content (AvgIpc) is 2.65. The number of piperidine rings is 1. The summed E-state index contributed by atoms with van der Waals surface area (Å²) < 4.78 is 39.8. The average molecular weight is 431 g/mol. The van der Waals surface area contributed by atoms with Gasteiger partial charge in [0.15, 0.2) is 0 Å². The zero-order chi connectivity index (χ0) is 19.6. The van der Waals surface area contributed by atoms with Crippen LogP contribution in [-0.4, -0.2) is 31.7 Å². The Bertz CT molecular complexity index is 952. The van der Waals surface area contributed by atoms with Crippen molar-refractivity contribution in [2.24, 2.45) is 5.92 Å². The molecule has 27 heavy (non-hydrogen) atoms. The number of hydrogen-bond acceptors (Lipinski definition) is 3.